The summed E-state index contributed by atoms with van der Waals surface area (Å²) in [5.74, 6) is 1.22. The molecule has 1 aromatic carbocycles. The number of nitrogens with one attached hydrogen (secondary N) is 2. The summed E-state index contributed by atoms with van der Waals surface area (Å²) >= 11 is 0. The van der Waals surface area contributed by atoms with Gasteiger partial charge in [-0.2, -0.15) is 0 Å². The smallest absolute Gasteiger partial charge is 0.228 e. The van der Waals surface area contributed by atoms with E-state index < -0.39 is 0 Å². The second-order valence-electron chi connectivity index (χ2n) is 7.46. The zero-order valence-corrected chi connectivity index (χ0v) is 17.7. The van der Waals surface area contributed by atoms with E-state index in [4.69, 9.17) is 4.98 Å². The minimum absolute atomic E-state index is 0. The first-order valence-electron chi connectivity index (χ1n) is 9.88. The molecule has 1 saturated heterocycles. The fraction of sp³-hybridized carbons (Fsp3) is 0.350. The van der Waals surface area contributed by atoms with Crippen LogP contribution in [0.4, 0.5) is 17.5 Å². The summed E-state index contributed by atoms with van der Waals surface area (Å²) in [6.45, 7) is 8.16. The van der Waals surface area contributed by atoms with E-state index in [2.05, 4.69) is 55.7 Å². The van der Waals surface area contributed by atoms with Crippen LogP contribution in [-0.4, -0.2) is 56.1 Å². The van der Waals surface area contributed by atoms with Gasteiger partial charge in [0, 0.05) is 43.8 Å². The van der Waals surface area contributed by atoms with E-state index in [9.17, 15) is 0 Å². The Hall–Kier alpha value is -3.04. The Kier molecular flexibility index (Phi) is 5.65. The minimum atomic E-state index is 0. The fourth-order valence-electron chi connectivity index (χ4n) is 3.63. The lowest BCUT2D eigenvalue weighted by molar-refractivity contribution is 0.531. The summed E-state index contributed by atoms with van der Waals surface area (Å²) in [5, 5.41) is 16.1. The molecule has 0 bridgehead atoms. The van der Waals surface area contributed by atoms with Crippen molar-refractivity contribution in [3.05, 3.63) is 36.7 Å². The number of fused-ring (bicyclic) bond motifs is 3. The Balaban J connectivity index is 0.00000218. The van der Waals surface area contributed by atoms with Crippen molar-refractivity contribution in [1.29, 1.82) is 0 Å². The lowest BCUT2D eigenvalue weighted by Gasteiger charge is -2.29. The number of benzene rings is 1. The topological polar surface area (TPSA) is 96.7 Å². The van der Waals surface area contributed by atoms with Crippen LogP contribution >= 0.6 is 12.4 Å². The van der Waals surface area contributed by atoms with Gasteiger partial charge in [-0.25, -0.2) is 19.6 Å². The number of rotatable bonds is 4. The van der Waals surface area contributed by atoms with Crippen LogP contribution in [0, 0.1) is 0 Å². The van der Waals surface area contributed by atoms with Crippen LogP contribution in [0.5, 0.6) is 0 Å². The number of nitrogens with zero attached hydrogens (tertiary/aromatic N) is 7. The van der Waals surface area contributed by atoms with E-state index in [1.165, 1.54) is 0 Å². The van der Waals surface area contributed by atoms with Gasteiger partial charge in [0.25, 0.3) is 0 Å². The van der Waals surface area contributed by atoms with Crippen molar-refractivity contribution in [2.24, 2.45) is 0 Å². The van der Waals surface area contributed by atoms with Crippen LogP contribution in [0.25, 0.3) is 21.9 Å². The third-order valence-electron chi connectivity index (χ3n) is 5.14. The van der Waals surface area contributed by atoms with Gasteiger partial charge in [0.05, 0.1) is 11.9 Å². The molecule has 5 rings (SSSR count). The Morgan fingerprint density at radius 3 is 2.60 bits per heavy atom. The second kappa shape index (κ2) is 8.37. The molecule has 10 heteroatoms. The molecule has 30 heavy (non-hydrogen) atoms. The maximum Gasteiger partial charge on any atom is 0.228 e. The Morgan fingerprint density at radius 1 is 1.03 bits per heavy atom. The molecule has 0 atom stereocenters. The van der Waals surface area contributed by atoms with E-state index >= 15 is 0 Å². The Bertz CT molecular complexity index is 1150. The summed E-state index contributed by atoms with van der Waals surface area (Å²) in [6, 6.07) is 8.16. The highest BCUT2D eigenvalue weighted by Gasteiger charge is 2.14. The van der Waals surface area contributed by atoms with Crippen molar-refractivity contribution < 1.29 is 0 Å². The predicted molar refractivity (Wildman–Crippen MR) is 121 cm³/mol. The molecule has 4 heterocycles. The molecule has 0 unspecified atom stereocenters. The van der Waals surface area contributed by atoms with Crippen LogP contribution in [0.1, 0.15) is 19.9 Å². The van der Waals surface area contributed by atoms with Crippen molar-refractivity contribution in [2.45, 2.75) is 19.9 Å². The molecule has 3 aromatic heterocycles. The Labute approximate surface area is 180 Å². The monoisotopic (exact) mass is 425 g/mol. The van der Waals surface area contributed by atoms with Gasteiger partial charge in [0.2, 0.25) is 5.95 Å². The highest BCUT2D eigenvalue weighted by molar-refractivity contribution is 6.01. The summed E-state index contributed by atoms with van der Waals surface area (Å²) in [5.41, 5.74) is 3.71. The molecule has 0 radical (unpaired) electrons. The van der Waals surface area contributed by atoms with E-state index in [1.54, 1.807) is 0 Å². The van der Waals surface area contributed by atoms with Crippen molar-refractivity contribution in [1.82, 2.24) is 35.3 Å². The molecule has 9 nitrogen and oxygen atoms in total. The van der Waals surface area contributed by atoms with Gasteiger partial charge in [0.1, 0.15) is 22.4 Å². The quantitative estimate of drug-likeness (QED) is 0.515. The van der Waals surface area contributed by atoms with Crippen molar-refractivity contribution in [3.63, 3.8) is 0 Å². The zero-order chi connectivity index (χ0) is 19.8. The molecule has 0 aliphatic carbocycles. The molecule has 2 N–H and O–H groups in total. The maximum absolute atomic E-state index is 4.74. The number of hydrogen-bond acceptors (Lipinski definition) is 8. The molecular weight excluding hydrogens is 402 g/mol. The van der Waals surface area contributed by atoms with Crippen LogP contribution in [-0.2, 0) is 0 Å². The van der Waals surface area contributed by atoms with Gasteiger partial charge < -0.3 is 15.5 Å². The van der Waals surface area contributed by atoms with E-state index in [-0.39, 0.29) is 18.4 Å². The highest BCUT2D eigenvalue weighted by Crippen LogP contribution is 2.25. The first kappa shape index (κ1) is 20.2. The van der Waals surface area contributed by atoms with E-state index in [0.717, 1.165) is 53.8 Å². The summed E-state index contributed by atoms with van der Waals surface area (Å²) < 4.78 is 1.90. The standard InChI is InChI=1S/C20H23N9.ClH/c1-13(2)29-19-16(26-27-29)5-3-14-11-23-20(25-18(14)19)24-17-6-4-15(12-22-17)28-9-7-21-8-10-28;/h3-6,11-13,21H,7-10H2,1-2H3,(H,22,23,24,25);1H. The van der Waals surface area contributed by atoms with Crippen molar-refractivity contribution in [3.8, 4) is 0 Å². The molecule has 0 spiro atoms. The number of aromatic nitrogens is 6. The zero-order valence-electron chi connectivity index (χ0n) is 16.9. The summed E-state index contributed by atoms with van der Waals surface area (Å²) in [6.07, 6.45) is 3.71. The van der Waals surface area contributed by atoms with Gasteiger partial charge in [0.15, 0.2) is 0 Å². The lowest BCUT2D eigenvalue weighted by atomic mass is 10.2. The van der Waals surface area contributed by atoms with Crippen LogP contribution < -0.4 is 15.5 Å². The first-order valence-corrected chi connectivity index (χ1v) is 9.88. The number of pyridine rings is 1. The number of piperazine rings is 1. The number of hydrogen-bond donors (Lipinski definition) is 2. The predicted octanol–water partition coefficient (Wildman–Crippen LogP) is 2.93. The average molecular weight is 426 g/mol. The van der Waals surface area contributed by atoms with Crippen LogP contribution in [0.2, 0.25) is 0 Å². The van der Waals surface area contributed by atoms with Crippen molar-refractivity contribution >= 4 is 51.8 Å². The molecule has 0 saturated carbocycles. The minimum Gasteiger partial charge on any atom is -0.368 e. The van der Waals surface area contributed by atoms with E-state index in [1.807, 2.05) is 35.3 Å². The van der Waals surface area contributed by atoms with Crippen LogP contribution in [0.3, 0.4) is 0 Å². The molecule has 1 aliphatic heterocycles. The SMILES string of the molecule is CC(C)n1nnc2ccc3cnc(Nc4ccc(N5CCNCC5)cn4)nc3c21.Cl. The van der Waals surface area contributed by atoms with Gasteiger partial charge >= 0.3 is 0 Å². The largest absolute Gasteiger partial charge is 0.368 e. The molecule has 1 aliphatic rings. The summed E-state index contributed by atoms with van der Waals surface area (Å²) in [4.78, 5) is 16.1. The Morgan fingerprint density at radius 2 is 1.87 bits per heavy atom. The molecule has 1 fully saturated rings. The molecule has 4 aromatic rings. The third-order valence-corrected chi connectivity index (χ3v) is 5.14. The first-order chi connectivity index (χ1) is 14.2. The number of halogens is 1. The van der Waals surface area contributed by atoms with Gasteiger partial charge in [-0.1, -0.05) is 5.21 Å². The van der Waals surface area contributed by atoms with Crippen molar-refractivity contribution in [2.75, 3.05) is 36.4 Å². The average Bonchev–Trinajstić information content (AvgIpc) is 3.20. The number of anilines is 3. The fourth-order valence-corrected chi connectivity index (χ4v) is 3.63. The highest BCUT2D eigenvalue weighted by atomic mass is 35.5. The molecule has 156 valence electrons. The van der Waals surface area contributed by atoms with Gasteiger partial charge in [-0.15, -0.1) is 17.5 Å². The maximum atomic E-state index is 4.74. The van der Waals surface area contributed by atoms with Crippen LogP contribution in [0.15, 0.2) is 36.7 Å². The van der Waals surface area contributed by atoms with Gasteiger partial charge in [-0.05, 0) is 38.1 Å². The lowest BCUT2D eigenvalue weighted by Crippen LogP contribution is -2.43. The summed E-state index contributed by atoms with van der Waals surface area (Å²) in [7, 11) is 0. The molecule has 0 amide bonds. The van der Waals surface area contributed by atoms with E-state index in [0.29, 0.717) is 11.8 Å². The second-order valence-corrected chi connectivity index (χ2v) is 7.46. The molecular formula is C20H24ClN9. The van der Waals surface area contributed by atoms with Gasteiger partial charge in [-0.3, -0.25) is 0 Å². The third kappa shape index (κ3) is 3.73. The normalized spacial score (nSPS) is 14.3.